The van der Waals surface area contributed by atoms with Crippen LogP contribution in [-0.2, 0) is 11.2 Å². The van der Waals surface area contributed by atoms with Crippen LogP contribution in [0, 0.1) is 0 Å². The van der Waals surface area contributed by atoms with Gasteiger partial charge in [0.2, 0.25) is 0 Å². The van der Waals surface area contributed by atoms with Crippen molar-refractivity contribution >= 4 is 35.6 Å². The summed E-state index contributed by atoms with van der Waals surface area (Å²) >= 11 is 0. The summed E-state index contributed by atoms with van der Waals surface area (Å²) in [5.41, 5.74) is 1.71. The average Bonchev–Trinajstić information content (AvgIpc) is 2.70. The maximum atomic E-state index is 10.7. The molecule has 0 spiro atoms. The maximum Gasteiger partial charge on any atom is 0.191 e. The molecule has 7 nitrogen and oxygen atoms in total. The van der Waals surface area contributed by atoms with Gasteiger partial charge in [0, 0.05) is 52.5 Å². The van der Waals surface area contributed by atoms with E-state index in [1.165, 1.54) is 11.3 Å². The van der Waals surface area contributed by atoms with E-state index in [0.717, 1.165) is 58.2 Å². The van der Waals surface area contributed by atoms with E-state index in [4.69, 9.17) is 4.74 Å². The number of hydrogen-bond donors (Lipinski definition) is 3. The van der Waals surface area contributed by atoms with Crippen LogP contribution in [0.3, 0.4) is 0 Å². The fraction of sp³-hybridized carbons (Fsp3) is 0.682. The Kier molecular flexibility index (Phi) is 12.6. The molecule has 1 aromatic carbocycles. The van der Waals surface area contributed by atoms with Gasteiger partial charge in [-0.05, 0) is 44.4 Å². The van der Waals surface area contributed by atoms with Gasteiger partial charge in [-0.3, -0.25) is 9.89 Å². The van der Waals surface area contributed by atoms with Gasteiger partial charge in [0.1, 0.15) is 0 Å². The highest BCUT2D eigenvalue weighted by Crippen LogP contribution is 2.13. The maximum absolute atomic E-state index is 10.7. The van der Waals surface area contributed by atoms with Gasteiger partial charge in [0.25, 0.3) is 0 Å². The van der Waals surface area contributed by atoms with Crippen LogP contribution in [0.2, 0.25) is 0 Å². The molecule has 1 aliphatic heterocycles. The van der Waals surface area contributed by atoms with E-state index in [-0.39, 0.29) is 24.0 Å². The number of nitrogens with zero attached hydrogens (tertiary/aromatic N) is 3. The van der Waals surface area contributed by atoms with Crippen molar-refractivity contribution in [3.8, 4) is 0 Å². The molecule has 3 N–H and O–H groups in total. The van der Waals surface area contributed by atoms with Crippen LogP contribution in [0.15, 0.2) is 29.3 Å². The lowest BCUT2D eigenvalue weighted by molar-refractivity contribution is -0.0179. The molecule has 0 saturated carbocycles. The molecule has 1 atom stereocenters. The first kappa shape index (κ1) is 26.9. The fourth-order valence-electron chi connectivity index (χ4n) is 3.34. The predicted octanol–water partition coefficient (Wildman–Crippen LogP) is 1.94. The van der Waals surface area contributed by atoms with Crippen LogP contribution in [0.5, 0.6) is 0 Å². The Morgan fingerprint density at radius 3 is 2.47 bits per heavy atom. The van der Waals surface area contributed by atoms with Gasteiger partial charge < -0.3 is 25.4 Å². The molecule has 2 rings (SSSR count). The Hall–Kier alpha value is -1.10. The minimum absolute atomic E-state index is 0. The van der Waals surface area contributed by atoms with Crippen molar-refractivity contribution in [2.45, 2.75) is 32.3 Å². The third kappa shape index (κ3) is 10.3. The number of hydrogen-bond acceptors (Lipinski definition) is 5. The first-order valence-corrected chi connectivity index (χ1v) is 10.7. The largest absolute Gasteiger partial charge is 0.387 e. The predicted molar refractivity (Wildman–Crippen MR) is 136 cm³/mol. The Labute approximate surface area is 199 Å². The number of aliphatic hydroxyl groups is 1. The van der Waals surface area contributed by atoms with Gasteiger partial charge in [0.05, 0.1) is 25.4 Å². The summed E-state index contributed by atoms with van der Waals surface area (Å²) in [6.45, 7) is 9.73. The number of β-amino-alcohol motifs (C(OH)–C–C–N with tert-alkyl or cyclic N) is 1. The zero-order valence-electron chi connectivity index (χ0n) is 19.0. The van der Waals surface area contributed by atoms with E-state index in [1.807, 2.05) is 6.92 Å². The van der Waals surface area contributed by atoms with Gasteiger partial charge in [-0.25, -0.2) is 0 Å². The zero-order valence-corrected chi connectivity index (χ0v) is 21.3. The van der Waals surface area contributed by atoms with E-state index in [1.54, 1.807) is 0 Å². The van der Waals surface area contributed by atoms with Gasteiger partial charge in [0.15, 0.2) is 5.96 Å². The summed E-state index contributed by atoms with van der Waals surface area (Å²) in [5.74, 6) is 0.762. The fourth-order valence-corrected chi connectivity index (χ4v) is 3.34. The van der Waals surface area contributed by atoms with Crippen LogP contribution in [-0.4, -0.2) is 88.1 Å². The number of aryl methyl sites for hydroxylation is 1. The van der Waals surface area contributed by atoms with Gasteiger partial charge in [-0.2, -0.15) is 0 Å². The summed E-state index contributed by atoms with van der Waals surface area (Å²) in [5, 5.41) is 17.4. The van der Waals surface area contributed by atoms with Crippen LogP contribution < -0.4 is 15.5 Å². The van der Waals surface area contributed by atoms with Gasteiger partial charge >= 0.3 is 0 Å². The molecule has 0 aliphatic carbocycles. The Bertz CT molecular complexity index is 616. The highest BCUT2D eigenvalue weighted by atomic mass is 127. The van der Waals surface area contributed by atoms with Crippen LogP contribution in [0.25, 0.3) is 0 Å². The Morgan fingerprint density at radius 2 is 1.87 bits per heavy atom. The van der Waals surface area contributed by atoms with Crippen molar-refractivity contribution in [2.24, 2.45) is 4.99 Å². The molecule has 1 saturated heterocycles. The third-order valence-corrected chi connectivity index (χ3v) is 4.98. The number of ether oxygens (including phenoxy) is 1. The van der Waals surface area contributed by atoms with Crippen molar-refractivity contribution < 1.29 is 9.84 Å². The number of halogens is 1. The summed E-state index contributed by atoms with van der Waals surface area (Å²) in [7, 11) is 4.11. The quantitative estimate of drug-likeness (QED) is 0.185. The molecule has 1 aliphatic rings. The minimum Gasteiger partial charge on any atom is -0.387 e. The third-order valence-electron chi connectivity index (χ3n) is 4.98. The molecule has 0 aromatic heterocycles. The second kappa shape index (κ2) is 14.1. The number of benzene rings is 1. The van der Waals surface area contributed by atoms with Crippen molar-refractivity contribution in [3.63, 3.8) is 0 Å². The molecular weight excluding hydrogens is 493 g/mol. The lowest BCUT2D eigenvalue weighted by Gasteiger charge is -2.33. The molecular formula is C22H40IN5O2. The molecule has 1 heterocycles. The van der Waals surface area contributed by atoms with E-state index in [9.17, 15) is 5.11 Å². The van der Waals surface area contributed by atoms with Gasteiger partial charge in [-0.15, -0.1) is 24.0 Å². The SMILES string of the molecule is CCNC(=NCC(C)(O)CN1CCOCC1)NCCCc1ccc(N(C)C)cc1.I. The van der Waals surface area contributed by atoms with Crippen LogP contribution in [0.4, 0.5) is 5.69 Å². The average molecular weight is 533 g/mol. The van der Waals surface area contributed by atoms with E-state index in [0.29, 0.717) is 13.1 Å². The number of morpholine rings is 1. The second-order valence-corrected chi connectivity index (χ2v) is 8.17. The molecule has 0 amide bonds. The van der Waals surface area contributed by atoms with Crippen LogP contribution >= 0.6 is 24.0 Å². The molecule has 8 heteroatoms. The number of aliphatic imine (C=N–C) groups is 1. The molecule has 172 valence electrons. The zero-order chi connectivity index (χ0) is 21.1. The Morgan fingerprint density at radius 1 is 1.20 bits per heavy atom. The summed E-state index contributed by atoms with van der Waals surface area (Å²) < 4.78 is 5.37. The van der Waals surface area contributed by atoms with Gasteiger partial charge in [-0.1, -0.05) is 12.1 Å². The molecule has 1 unspecified atom stereocenters. The highest BCUT2D eigenvalue weighted by Gasteiger charge is 2.25. The smallest absolute Gasteiger partial charge is 0.191 e. The van der Waals surface area contributed by atoms with E-state index in [2.05, 4.69) is 70.7 Å². The second-order valence-electron chi connectivity index (χ2n) is 8.17. The monoisotopic (exact) mass is 533 g/mol. The van der Waals surface area contributed by atoms with Crippen molar-refractivity contribution in [2.75, 3.05) is 71.5 Å². The standard InChI is InChI=1S/C22H39N5O2.HI/c1-5-23-21(25-17-22(2,28)18-27-13-15-29-16-14-27)24-12-6-7-19-8-10-20(11-9-19)26(3)4;/h8-11,28H,5-7,12-18H2,1-4H3,(H2,23,24,25);1H. The molecule has 0 radical (unpaired) electrons. The number of anilines is 1. The highest BCUT2D eigenvalue weighted by molar-refractivity contribution is 14.0. The lowest BCUT2D eigenvalue weighted by Crippen LogP contribution is -2.48. The van der Waals surface area contributed by atoms with E-state index < -0.39 is 5.60 Å². The molecule has 0 bridgehead atoms. The summed E-state index contributed by atoms with van der Waals surface area (Å²) in [4.78, 5) is 8.95. The lowest BCUT2D eigenvalue weighted by atomic mass is 10.1. The molecule has 30 heavy (non-hydrogen) atoms. The number of nitrogens with one attached hydrogen (secondary N) is 2. The summed E-state index contributed by atoms with van der Waals surface area (Å²) in [6, 6.07) is 8.70. The topological polar surface area (TPSA) is 72.4 Å². The molecule has 1 fully saturated rings. The minimum atomic E-state index is -0.853. The number of rotatable bonds is 10. The van der Waals surface area contributed by atoms with E-state index >= 15 is 0 Å². The van der Waals surface area contributed by atoms with Crippen molar-refractivity contribution in [1.82, 2.24) is 15.5 Å². The number of guanidine groups is 1. The van der Waals surface area contributed by atoms with Crippen molar-refractivity contribution in [1.29, 1.82) is 0 Å². The normalized spacial score (nSPS) is 17.0. The van der Waals surface area contributed by atoms with Crippen LogP contribution in [0.1, 0.15) is 25.8 Å². The molecule has 1 aromatic rings. The summed E-state index contributed by atoms with van der Waals surface area (Å²) in [6.07, 6.45) is 2.05. The Balaban J connectivity index is 0.00000450. The van der Waals surface area contributed by atoms with Crippen molar-refractivity contribution in [3.05, 3.63) is 29.8 Å². The first-order valence-electron chi connectivity index (χ1n) is 10.7. The first-order chi connectivity index (χ1) is 13.9.